The lowest BCUT2D eigenvalue weighted by molar-refractivity contribution is -0.119. The van der Waals surface area contributed by atoms with E-state index in [2.05, 4.69) is 28.8 Å². The molecule has 0 bridgehead atoms. The number of amides is 1. The van der Waals surface area contributed by atoms with Crippen molar-refractivity contribution < 1.29 is 4.79 Å². The first-order valence-electron chi connectivity index (χ1n) is 6.70. The van der Waals surface area contributed by atoms with Crippen LogP contribution >= 0.6 is 0 Å². The van der Waals surface area contributed by atoms with Gasteiger partial charge in [0.1, 0.15) is 0 Å². The standard InChI is InChI=1S/C15H21N3O/c1-10-4-7-14(11(2)8-10)16-9-15(19)18-17-12(3)13-5-6-13/h4,7-8,13,16H,5-6,9H2,1-3H3,(H,18,19)/b17-12+. The maximum atomic E-state index is 11.7. The number of carbonyl (C=O) groups excluding carboxylic acids is 1. The molecule has 0 aliphatic heterocycles. The molecule has 1 aromatic carbocycles. The second-order valence-electron chi connectivity index (χ2n) is 5.23. The first kappa shape index (κ1) is 13.6. The van der Waals surface area contributed by atoms with Crippen molar-refractivity contribution in [3.63, 3.8) is 0 Å². The van der Waals surface area contributed by atoms with Gasteiger partial charge in [-0.05, 0) is 51.2 Å². The van der Waals surface area contributed by atoms with E-state index < -0.39 is 0 Å². The fraction of sp³-hybridized carbons (Fsp3) is 0.467. The Morgan fingerprint density at radius 3 is 2.74 bits per heavy atom. The Bertz CT molecular complexity index is 504. The van der Waals surface area contributed by atoms with Gasteiger partial charge in [0.2, 0.25) is 0 Å². The zero-order chi connectivity index (χ0) is 13.8. The van der Waals surface area contributed by atoms with Gasteiger partial charge in [-0.3, -0.25) is 4.79 Å². The summed E-state index contributed by atoms with van der Waals surface area (Å²) < 4.78 is 0. The fourth-order valence-electron chi connectivity index (χ4n) is 1.97. The number of benzene rings is 1. The molecule has 0 radical (unpaired) electrons. The second kappa shape index (κ2) is 5.87. The van der Waals surface area contributed by atoms with Crippen LogP contribution in [0.5, 0.6) is 0 Å². The van der Waals surface area contributed by atoms with Gasteiger partial charge in [-0.15, -0.1) is 0 Å². The van der Waals surface area contributed by atoms with Crippen LogP contribution in [-0.2, 0) is 4.79 Å². The molecule has 0 aromatic heterocycles. The molecule has 19 heavy (non-hydrogen) atoms. The highest BCUT2D eigenvalue weighted by atomic mass is 16.2. The molecule has 1 aliphatic carbocycles. The Hall–Kier alpha value is -1.84. The van der Waals surface area contributed by atoms with Gasteiger partial charge in [0.25, 0.3) is 5.91 Å². The fourth-order valence-corrected chi connectivity index (χ4v) is 1.97. The van der Waals surface area contributed by atoms with Crippen molar-refractivity contribution >= 4 is 17.3 Å². The van der Waals surface area contributed by atoms with Gasteiger partial charge in [0, 0.05) is 11.4 Å². The molecule has 1 amide bonds. The minimum atomic E-state index is -0.111. The zero-order valence-electron chi connectivity index (χ0n) is 11.8. The van der Waals surface area contributed by atoms with Crippen LogP contribution in [0.25, 0.3) is 0 Å². The van der Waals surface area contributed by atoms with Gasteiger partial charge in [0.05, 0.1) is 6.54 Å². The van der Waals surface area contributed by atoms with E-state index in [-0.39, 0.29) is 12.5 Å². The van der Waals surface area contributed by atoms with Crippen LogP contribution in [0, 0.1) is 19.8 Å². The number of nitrogens with one attached hydrogen (secondary N) is 2. The quantitative estimate of drug-likeness (QED) is 0.631. The van der Waals surface area contributed by atoms with Crippen molar-refractivity contribution in [2.45, 2.75) is 33.6 Å². The molecule has 1 aliphatic rings. The monoisotopic (exact) mass is 259 g/mol. The number of rotatable bonds is 5. The second-order valence-corrected chi connectivity index (χ2v) is 5.23. The zero-order valence-corrected chi connectivity index (χ0v) is 11.8. The summed E-state index contributed by atoms with van der Waals surface area (Å²) in [5.74, 6) is 0.479. The molecule has 0 saturated heterocycles. The number of hydrazone groups is 1. The van der Waals surface area contributed by atoms with E-state index in [1.807, 2.05) is 26.0 Å². The van der Waals surface area contributed by atoms with Crippen LogP contribution in [0.1, 0.15) is 30.9 Å². The van der Waals surface area contributed by atoms with Crippen LogP contribution in [0.2, 0.25) is 0 Å². The average Bonchev–Trinajstić information content (AvgIpc) is 3.19. The van der Waals surface area contributed by atoms with Gasteiger partial charge in [-0.25, -0.2) is 5.43 Å². The third kappa shape index (κ3) is 4.09. The molecule has 4 nitrogen and oxygen atoms in total. The largest absolute Gasteiger partial charge is 0.376 e. The van der Waals surface area contributed by atoms with Crippen LogP contribution < -0.4 is 10.7 Å². The van der Waals surface area contributed by atoms with E-state index in [0.29, 0.717) is 5.92 Å². The van der Waals surface area contributed by atoms with E-state index in [4.69, 9.17) is 0 Å². The summed E-state index contributed by atoms with van der Waals surface area (Å²) in [4.78, 5) is 11.7. The highest BCUT2D eigenvalue weighted by Gasteiger charge is 2.24. The molecule has 1 aromatic rings. The number of hydrogen-bond donors (Lipinski definition) is 2. The summed E-state index contributed by atoms with van der Waals surface area (Å²) >= 11 is 0. The Kier molecular flexibility index (Phi) is 4.20. The third-order valence-corrected chi connectivity index (χ3v) is 3.35. The molecule has 2 N–H and O–H groups in total. The third-order valence-electron chi connectivity index (χ3n) is 3.35. The highest BCUT2D eigenvalue weighted by molar-refractivity contribution is 5.88. The van der Waals surface area contributed by atoms with E-state index in [9.17, 15) is 4.79 Å². The Morgan fingerprint density at radius 1 is 1.37 bits per heavy atom. The lowest BCUT2D eigenvalue weighted by atomic mass is 10.1. The molecule has 4 heteroatoms. The highest BCUT2D eigenvalue weighted by Crippen LogP contribution is 2.30. The normalized spacial score (nSPS) is 15.2. The molecule has 2 rings (SSSR count). The van der Waals surface area contributed by atoms with Gasteiger partial charge in [-0.2, -0.15) is 5.10 Å². The Labute approximate surface area is 114 Å². The van der Waals surface area contributed by atoms with Crippen LogP contribution in [0.15, 0.2) is 23.3 Å². The van der Waals surface area contributed by atoms with Crippen molar-refractivity contribution in [1.82, 2.24) is 5.43 Å². The topological polar surface area (TPSA) is 53.5 Å². The number of carbonyl (C=O) groups is 1. The van der Waals surface area contributed by atoms with E-state index in [1.54, 1.807) is 0 Å². The first-order chi connectivity index (χ1) is 9.06. The summed E-state index contributed by atoms with van der Waals surface area (Å²) in [6.07, 6.45) is 2.40. The smallest absolute Gasteiger partial charge is 0.259 e. The van der Waals surface area contributed by atoms with Crippen molar-refractivity contribution in [3.8, 4) is 0 Å². The minimum Gasteiger partial charge on any atom is -0.376 e. The number of hydrogen-bond acceptors (Lipinski definition) is 3. The van der Waals surface area contributed by atoms with Crippen molar-refractivity contribution in [2.24, 2.45) is 11.0 Å². The average molecular weight is 259 g/mol. The number of nitrogens with zero attached hydrogens (tertiary/aromatic N) is 1. The SMILES string of the molecule is C/C(=N\NC(=O)CNc1ccc(C)cc1C)C1CC1. The van der Waals surface area contributed by atoms with Crippen molar-refractivity contribution in [1.29, 1.82) is 0 Å². The molecule has 0 heterocycles. The molecule has 0 unspecified atom stereocenters. The molecular weight excluding hydrogens is 238 g/mol. The first-order valence-corrected chi connectivity index (χ1v) is 6.70. The van der Waals surface area contributed by atoms with Crippen LogP contribution in [0.3, 0.4) is 0 Å². The van der Waals surface area contributed by atoms with Gasteiger partial charge < -0.3 is 5.32 Å². The van der Waals surface area contributed by atoms with E-state index >= 15 is 0 Å². The van der Waals surface area contributed by atoms with Crippen LogP contribution in [0.4, 0.5) is 5.69 Å². The molecule has 1 saturated carbocycles. The molecule has 1 fully saturated rings. The van der Waals surface area contributed by atoms with Gasteiger partial charge in [0.15, 0.2) is 0 Å². The minimum absolute atomic E-state index is 0.111. The molecule has 0 atom stereocenters. The Morgan fingerprint density at radius 2 is 2.11 bits per heavy atom. The van der Waals surface area contributed by atoms with Gasteiger partial charge in [-0.1, -0.05) is 17.7 Å². The van der Waals surface area contributed by atoms with E-state index in [1.165, 1.54) is 18.4 Å². The molecule has 0 spiro atoms. The lowest BCUT2D eigenvalue weighted by Crippen LogP contribution is -2.27. The summed E-state index contributed by atoms with van der Waals surface area (Å²) in [6, 6.07) is 6.12. The lowest BCUT2D eigenvalue weighted by Gasteiger charge is -2.09. The summed E-state index contributed by atoms with van der Waals surface area (Å²) in [7, 11) is 0. The number of anilines is 1. The predicted molar refractivity (Wildman–Crippen MR) is 78.4 cm³/mol. The summed E-state index contributed by atoms with van der Waals surface area (Å²) in [6.45, 7) is 6.29. The maximum absolute atomic E-state index is 11.7. The predicted octanol–water partition coefficient (Wildman–Crippen LogP) is 2.62. The van der Waals surface area contributed by atoms with E-state index in [0.717, 1.165) is 17.0 Å². The summed E-state index contributed by atoms with van der Waals surface area (Å²) in [5.41, 5.74) is 6.97. The summed E-state index contributed by atoms with van der Waals surface area (Å²) in [5, 5.41) is 7.24. The number of aryl methyl sites for hydroxylation is 2. The van der Waals surface area contributed by atoms with Gasteiger partial charge >= 0.3 is 0 Å². The Balaban J connectivity index is 1.81. The molecule has 102 valence electrons. The maximum Gasteiger partial charge on any atom is 0.259 e. The van der Waals surface area contributed by atoms with Crippen LogP contribution in [-0.4, -0.2) is 18.2 Å². The van der Waals surface area contributed by atoms with Crippen molar-refractivity contribution in [2.75, 3.05) is 11.9 Å². The molecular formula is C15H21N3O. The van der Waals surface area contributed by atoms with Crippen molar-refractivity contribution in [3.05, 3.63) is 29.3 Å².